The van der Waals surface area contributed by atoms with Crippen molar-refractivity contribution < 1.29 is 38.1 Å². The van der Waals surface area contributed by atoms with Crippen LogP contribution >= 0.6 is 0 Å². The van der Waals surface area contributed by atoms with Crippen LogP contribution in [-0.4, -0.2) is 53.3 Å². The van der Waals surface area contributed by atoms with Gasteiger partial charge in [-0.1, -0.05) is 30.9 Å². The molecule has 2 aliphatic rings. The number of cyclic esters (lactones) is 1. The van der Waals surface area contributed by atoms with E-state index in [9.17, 15) is 28.6 Å². The van der Waals surface area contributed by atoms with Crippen molar-refractivity contribution in [1.29, 1.82) is 0 Å². The smallest absolute Gasteiger partial charge is 0.342 e. The minimum atomic E-state index is -3.75. The van der Waals surface area contributed by atoms with E-state index in [2.05, 4.69) is 11.3 Å². The fourth-order valence-electron chi connectivity index (χ4n) is 2.79. The van der Waals surface area contributed by atoms with Crippen LogP contribution in [0.25, 0.3) is 0 Å². The molecule has 0 bridgehead atoms. The van der Waals surface area contributed by atoms with E-state index in [0.29, 0.717) is 6.08 Å². The molecule has 3 atom stereocenters. The Morgan fingerprint density at radius 2 is 1.86 bits per heavy atom. The highest BCUT2D eigenvalue weighted by atomic mass is 19.3. The highest BCUT2D eigenvalue weighted by Crippen LogP contribution is 2.39. The molecule has 8 heteroatoms. The lowest BCUT2D eigenvalue weighted by Gasteiger charge is -2.26. The van der Waals surface area contributed by atoms with Crippen molar-refractivity contribution in [3.8, 4) is 0 Å². The van der Waals surface area contributed by atoms with Crippen LogP contribution in [0, 0.1) is 0 Å². The summed E-state index contributed by atoms with van der Waals surface area (Å²) in [5.74, 6) is -6.79. The maximum absolute atomic E-state index is 14.8. The Morgan fingerprint density at radius 1 is 1.21 bits per heavy atom. The second-order valence-corrected chi connectivity index (χ2v) is 6.52. The molecule has 0 radical (unpaired) electrons. The Balaban J connectivity index is 2.53. The van der Waals surface area contributed by atoms with Gasteiger partial charge in [-0.2, -0.15) is 8.78 Å². The maximum Gasteiger partial charge on any atom is 0.342 e. The average molecular weight is 396 g/mol. The fourth-order valence-corrected chi connectivity index (χ4v) is 2.79. The van der Waals surface area contributed by atoms with E-state index in [1.165, 1.54) is 13.0 Å². The minimum Gasteiger partial charge on any atom is -0.494 e. The van der Waals surface area contributed by atoms with Gasteiger partial charge in [0.2, 0.25) is 0 Å². The molecule has 28 heavy (non-hydrogen) atoms. The Hall–Kier alpha value is -2.58. The normalized spacial score (nSPS) is 31.3. The molecule has 0 aromatic rings. The number of ketones is 1. The second kappa shape index (κ2) is 8.62. The summed E-state index contributed by atoms with van der Waals surface area (Å²) in [5.41, 5.74) is -1.46. The van der Waals surface area contributed by atoms with Crippen LogP contribution in [0.5, 0.6) is 0 Å². The number of methoxy groups -OCH3 is 1. The number of ether oxygens (including phenoxy) is 2. The standard InChI is InChI=1S/C20H22F2O6/c1-11-6-4-7-12(2)28-19(26)17-13(8-5-9-14(23)18(11)25)20(21,22)16(27-3)10-15(17)24/h4-6,8,10,12,14,18,23,25H,1,7,9H2,2-3H3/b6-4-,8-5+/t12-,14-,18+/m0/s1. The number of esters is 1. The highest BCUT2D eigenvalue weighted by Gasteiger charge is 2.47. The number of hydrogen-bond acceptors (Lipinski definition) is 6. The van der Waals surface area contributed by atoms with Gasteiger partial charge in [0.05, 0.1) is 13.2 Å². The van der Waals surface area contributed by atoms with E-state index in [4.69, 9.17) is 4.74 Å². The van der Waals surface area contributed by atoms with Crippen LogP contribution in [0.4, 0.5) is 8.78 Å². The lowest BCUT2D eigenvalue weighted by atomic mass is 9.90. The Kier molecular flexibility index (Phi) is 6.69. The molecule has 2 N–H and O–H groups in total. The van der Waals surface area contributed by atoms with Crippen molar-refractivity contribution in [2.45, 2.75) is 44.0 Å². The lowest BCUT2D eigenvalue weighted by Crippen LogP contribution is -2.34. The van der Waals surface area contributed by atoms with Gasteiger partial charge in [0, 0.05) is 18.1 Å². The third kappa shape index (κ3) is 4.45. The van der Waals surface area contributed by atoms with E-state index >= 15 is 0 Å². The molecule has 1 aliphatic heterocycles. The predicted molar refractivity (Wildman–Crippen MR) is 96.3 cm³/mol. The van der Waals surface area contributed by atoms with Gasteiger partial charge in [0.25, 0.3) is 0 Å². The number of carbonyl (C=O) groups excluding carboxylic acids is 2. The van der Waals surface area contributed by atoms with E-state index in [0.717, 1.165) is 19.3 Å². The highest BCUT2D eigenvalue weighted by molar-refractivity contribution is 6.23. The van der Waals surface area contributed by atoms with Gasteiger partial charge in [-0.3, -0.25) is 4.79 Å². The van der Waals surface area contributed by atoms with Crippen molar-refractivity contribution in [3.05, 3.63) is 59.4 Å². The topological polar surface area (TPSA) is 93.1 Å². The molecule has 152 valence electrons. The maximum atomic E-state index is 14.8. The molecule has 0 aromatic heterocycles. The van der Waals surface area contributed by atoms with Crippen LogP contribution in [0.1, 0.15) is 19.8 Å². The lowest BCUT2D eigenvalue weighted by molar-refractivity contribution is -0.144. The van der Waals surface area contributed by atoms with E-state index in [1.807, 2.05) is 0 Å². The number of hydrogen-bond donors (Lipinski definition) is 2. The number of rotatable bonds is 1. The number of carbonyl (C=O) groups is 2. The Bertz CT molecular complexity index is 791. The predicted octanol–water partition coefficient (Wildman–Crippen LogP) is 2.15. The summed E-state index contributed by atoms with van der Waals surface area (Å²) in [4.78, 5) is 24.7. The van der Waals surface area contributed by atoms with E-state index < -0.39 is 52.9 Å². The van der Waals surface area contributed by atoms with Gasteiger partial charge in [-0.05, 0) is 18.9 Å². The third-order valence-corrected chi connectivity index (χ3v) is 4.36. The zero-order valence-electron chi connectivity index (χ0n) is 15.5. The molecule has 0 saturated carbocycles. The molecule has 0 saturated heterocycles. The molecule has 0 aromatic carbocycles. The average Bonchev–Trinajstić information content (AvgIpc) is 2.62. The molecule has 1 aliphatic carbocycles. The summed E-state index contributed by atoms with van der Waals surface area (Å²) in [6, 6.07) is 0. The largest absolute Gasteiger partial charge is 0.494 e. The summed E-state index contributed by atoms with van der Waals surface area (Å²) >= 11 is 0. The van der Waals surface area contributed by atoms with Crippen molar-refractivity contribution in [2.75, 3.05) is 7.11 Å². The number of allylic oxidation sites excluding steroid dienone is 3. The fraction of sp³-hybridized carbons (Fsp3) is 0.400. The van der Waals surface area contributed by atoms with Gasteiger partial charge in [0.15, 0.2) is 11.5 Å². The van der Waals surface area contributed by atoms with Crippen molar-refractivity contribution in [1.82, 2.24) is 0 Å². The summed E-state index contributed by atoms with van der Waals surface area (Å²) in [7, 11) is 0.990. The first-order valence-corrected chi connectivity index (χ1v) is 8.61. The zero-order valence-corrected chi connectivity index (χ0v) is 15.5. The molecule has 1 heterocycles. The van der Waals surface area contributed by atoms with Crippen molar-refractivity contribution in [2.24, 2.45) is 0 Å². The molecule has 0 fully saturated rings. The van der Waals surface area contributed by atoms with Gasteiger partial charge in [-0.15, -0.1) is 0 Å². The van der Waals surface area contributed by atoms with Crippen LogP contribution in [0.3, 0.4) is 0 Å². The molecular weight excluding hydrogens is 374 g/mol. The van der Waals surface area contributed by atoms with Gasteiger partial charge in [-0.25, -0.2) is 4.79 Å². The summed E-state index contributed by atoms with van der Waals surface area (Å²) < 4.78 is 39.3. The SMILES string of the molecule is C=C1/C=C\C[C@H](C)OC(=O)C2=C(/C=C/C[C@H](O)[C@@H]1O)C(F)(F)C(OC)=CC2=O. The van der Waals surface area contributed by atoms with Crippen LogP contribution in [-0.2, 0) is 19.1 Å². The second-order valence-electron chi connectivity index (χ2n) is 6.52. The monoisotopic (exact) mass is 396 g/mol. The van der Waals surface area contributed by atoms with Gasteiger partial charge < -0.3 is 19.7 Å². The molecule has 0 amide bonds. The summed E-state index contributed by atoms with van der Waals surface area (Å²) in [5, 5.41) is 20.1. The molecule has 0 spiro atoms. The van der Waals surface area contributed by atoms with E-state index in [-0.39, 0.29) is 18.4 Å². The first-order chi connectivity index (χ1) is 13.1. The first kappa shape index (κ1) is 21.7. The van der Waals surface area contributed by atoms with Crippen molar-refractivity contribution in [3.63, 3.8) is 0 Å². The van der Waals surface area contributed by atoms with Crippen LogP contribution in [0.2, 0.25) is 0 Å². The van der Waals surface area contributed by atoms with Crippen molar-refractivity contribution >= 4 is 11.8 Å². The number of alkyl halides is 2. The molecule has 6 nitrogen and oxygen atoms in total. The number of aliphatic hydroxyl groups excluding tert-OH is 2. The van der Waals surface area contributed by atoms with Crippen LogP contribution in [0.15, 0.2) is 59.4 Å². The Labute approximate surface area is 161 Å². The number of halogens is 2. The van der Waals surface area contributed by atoms with Gasteiger partial charge in [0.1, 0.15) is 17.8 Å². The zero-order chi connectivity index (χ0) is 21.1. The molecular formula is C20H22F2O6. The quantitative estimate of drug-likeness (QED) is 0.521. The van der Waals surface area contributed by atoms with E-state index in [1.54, 1.807) is 6.08 Å². The first-order valence-electron chi connectivity index (χ1n) is 8.61. The Morgan fingerprint density at radius 3 is 2.50 bits per heavy atom. The van der Waals surface area contributed by atoms with Crippen LogP contribution < -0.4 is 0 Å². The minimum absolute atomic E-state index is 0.190. The third-order valence-electron chi connectivity index (χ3n) is 4.36. The molecule has 2 rings (SSSR count). The number of aliphatic hydroxyl groups is 2. The molecule has 0 unspecified atom stereocenters. The summed E-state index contributed by atoms with van der Waals surface area (Å²) in [6.07, 6.45) is 2.24. The summed E-state index contributed by atoms with van der Waals surface area (Å²) in [6.45, 7) is 5.18. The van der Waals surface area contributed by atoms with Gasteiger partial charge >= 0.3 is 11.9 Å².